The van der Waals surface area contributed by atoms with Gasteiger partial charge in [-0.15, -0.1) is 0 Å². The molecule has 0 amide bonds. The summed E-state index contributed by atoms with van der Waals surface area (Å²) < 4.78 is 56.2. The summed E-state index contributed by atoms with van der Waals surface area (Å²) in [5, 5.41) is 10.5. The van der Waals surface area contributed by atoms with E-state index in [0.717, 1.165) is 17.5 Å². The molecule has 0 saturated heterocycles. The Morgan fingerprint density at radius 2 is 1.96 bits per heavy atom. The van der Waals surface area contributed by atoms with Crippen molar-refractivity contribution in [1.82, 2.24) is 0 Å². The number of nitrogens with zero attached hydrogens (tertiary/aromatic N) is 1. The SMILES string of the molecule is [2H]C([2H])([2H])Oc1cc2c(cc1OC([2H])([2H])[2H])-c1cc(O)c(CC(C)C)c[n+]1CC2. The first-order chi connectivity index (χ1) is 13.3. The highest BCUT2D eigenvalue weighted by Crippen LogP contribution is 2.37. The van der Waals surface area contributed by atoms with Crippen LogP contribution in [-0.4, -0.2) is 19.2 Å². The third kappa shape index (κ3) is 2.85. The van der Waals surface area contributed by atoms with Crippen LogP contribution in [0.15, 0.2) is 24.4 Å². The van der Waals surface area contributed by atoms with E-state index in [0.29, 0.717) is 30.1 Å². The Balaban J connectivity index is 2.11. The summed E-state index contributed by atoms with van der Waals surface area (Å²) in [6.45, 7) is 4.79. The number of rotatable bonds is 4. The zero-order valence-corrected chi connectivity index (χ0v) is 13.2. The van der Waals surface area contributed by atoms with Gasteiger partial charge in [-0.3, -0.25) is 0 Å². The minimum atomic E-state index is -2.77. The molecule has 1 N–H and O–H groups in total. The van der Waals surface area contributed by atoms with Crippen LogP contribution >= 0.6 is 0 Å². The van der Waals surface area contributed by atoms with Crippen molar-refractivity contribution >= 4 is 0 Å². The molecule has 0 radical (unpaired) electrons. The molecular formula is C19H24NO3+. The van der Waals surface area contributed by atoms with Gasteiger partial charge in [-0.1, -0.05) is 13.8 Å². The van der Waals surface area contributed by atoms with Crippen LogP contribution in [-0.2, 0) is 19.4 Å². The second-order valence-corrected chi connectivity index (χ2v) is 6.27. The number of pyridine rings is 1. The average Bonchev–Trinajstić information content (AvgIpc) is 2.53. The molecule has 0 aliphatic carbocycles. The Morgan fingerprint density at radius 1 is 1.22 bits per heavy atom. The number of benzene rings is 1. The van der Waals surface area contributed by atoms with Gasteiger partial charge in [0.1, 0.15) is 5.75 Å². The molecule has 4 heteroatoms. The zero-order valence-electron chi connectivity index (χ0n) is 19.2. The second kappa shape index (κ2) is 6.11. The molecule has 0 bridgehead atoms. The number of hydrogen-bond acceptors (Lipinski definition) is 3. The number of ether oxygens (including phenoxy) is 2. The quantitative estimate of drug-likeness (QED) is 0.880. The van der Waals surface area contributed by atoms with Crippen molar-refractivity contribution < 1.29 is 27.4 Å². The standard InChI is InChI=1S/C19H23NO3/c1-12(2)7-14-11-20-6-5-13-8-18(22-3)19(23-4)9-15(13)16(20)10-17(14)21/h8-12H,5-7H2,1-4H3/p+1/i3D3,4D3. The van der Waals surface area contributed by atoms with Crippen LogP contribution in [0.25, 0.3) is 11.3 Å². The summed E-state index contributed by atoms with van der Waals surface area (Å²) in [7, 11) is -5.51. The van der Waals surface area contributed by atoms with Crippen molar-refractivity contribution in [2.75, 3.05) is 14.1 Å². The monoisotopic (exact) mass is 320 g/mol. The molecule has 1 aliphatic rings. The molecule has 2 aromatic rings. The lowest BCUT2D eigenvalue weighted by Gasteiger charge is -2.19. The number of aryl methyl sites for hydroxylation is 2. The predicted molar refractivity (Wildman–Crippen MR) is 89.1 cm³/mol. The molecule has 0 spiro atoms. The summed E-state index contributed by atoms with van der Waals surface area (Å²) in [6.07, 6.45) is 3.24. The van der Waals surface area contributed by atoms with Crippen LogP contribution in [0.3, 0.4) is 0 Å². The van der Waals surface area contributed by atoms with Gasteiger partial charge in [-0.25, -0.2) is 0 Å². The van der Waals surface area contributed by atoms with E-state index in [1.54, 1.807) is 6.07 Å². The van der Waals surface area contributed by atoms with E-state index >= 15 is 0 Å². The summed E-state index contributed by atoms with van der Waals surface area (Å²) in [6, 6.07) is 4.62. The fourth-order valence-electron chi connectivity index (χ4n) is 3.09. The van der Waals surface area contributed by atoms with Crippen LogP contribution < -0.4 is 14.0 Å². The molecule has 1 aliphatic heterocycles. The van der Waals surface area contributed by atoms with E-state index < -0.39 is 14.1 Å². The summed E-state index contributed by atoms with van der Waals surface area (Å²) in [4.78, 5) is 0. The Morgan fingerprint density at radius 3 is 2.65 bits per heavy atom. The van der Waals surface area contributed by atoms with Crippen LogP contribution in [0.1, 0.15) is 33.2 Å². The summed E-state index contributed by atoms with van der Waals surface area (Å²) >= 11 is 0. The van der Waals surface area contributed by atoms with E-state index in [1.807, 2.05) is 10.8 Å². The minimum absolute atomic E-state index is 0.144. The fourth-order valence-corrected chi connectivity index (χ4v) is 3.09. The van der Waals surface area contributed by atoms with Gasteiger partial charge in [-0.2, -0.15) is 4.57 Å². The Kier molecular flexibility index (Phi) is 2.60. The van der Waals surface area contributed by atoms with Crippen LogP contribution in [0.4, 0.5) is 0 Å². The molecule has 4 nitrogen and oxygen atoms in total. The van der Waals surface area contributed by atoms with Crippen LogP contribution in [0.5, 0.6) is 17.2 Å². The van der Waals surface area contributed by atoms with Crippen molar-refractivity contribution in [3.63, 3.8) is 0 Å². The van der Waals surface area contributed by atoms with E-state index in [9.17, 15) is 5.11 Å². The highest BCUT2D eigenvalue weighted by atomic mass is 16.5. The molecule has 2 heterocycles. The first kappa shape index (κ1) is 9.81. The Hall–Kier alpha value is -2.23. The first-order valence-electron chi connectivity index (χ1n) is 10.6. The van der Waals surface area contributed by atoms with Gasteiger partial charge in [0.2, 0.25) is 5.69 Å². The molecule has 0 saturated carbocycles. The van der Waals surface area contributed by atoms with E-state index in [4.69, 9.17) is 17.7 Å². The smallest absolute Gasteiger partial charge is 0.216 e. The van der Waals surface area contributed by atoms with Gasteiger partial charge >= 0.3 is 0 Å². The topological polar surface area (TPSA) is 42.6 Å². The van der Waals surface area contributed by atoms with Gasteiger partial charge < -0.3 is 14.6 Å². The van der Waals surface area contributed by atoms with Gasteiger partial charge in [0.05, 0.1) is 39.5 Å². The van der Waals surface area contributed by atoms with E-state index in [1.165, 1.54) is 12.1 Å². The van der Waals surface area contributed by atoms with Crippen molar-refractivity contribution in [2.24, 2.45) is 5.92 Å². The molecule has 0 unspecified atom stereocenters. The number of aromatic nitrogens is 1. The summed E-state index contributed by atoms with van der Waals surface area (Å²) in [5.74, 6) is 0.223. The van der Waals surface area contributed by atoms with Crippen molar-refractivity contribution in [3.05, 3.63) is 35.5 Å². The van der Waals surface area contributed by atoms with Gasteiger partial charge in [0, 0.05) is 6.42 Å². The van der Waals surface area contributed by atoms with Crippen molar-refractivity contribution in [2.45, 2.75) is 33.2 Å². The maximum Gasteiger partial charge on any atom is 0.216 e. The third-order valence-electron chi connectivity index (χ3n) is 4.14. The van der Waals surface area contributed by atoms with Crippen molar-refractivity contribution in [3.8, 4) is 28.5 Å². The maximum atomic E-state index is 10.5. The minimum Gasteiger partial charge on any atom is -0.507 e. The molecule has 122 valence electrons. The molecule has 23 heavy (non-hydrogen) atoms. The number of hydrogen-bond donors (Lipinski definition) is 1. The molecule has 1 aromatic carbocycles. The second-order valence-electron chi connectivity index (χ2n) is 6.27. The fraction of sp³-hybridized carbons (Fsp3) is 0.421. The largest absolute Gasteiger partial charge is 0.507 e. The highest BCUT2D eigenvalue weighted by molar-refractivity contribution is 5.68. The van der Waals surface area contributed by atoms with E-state index in [2.05, 4.69) is 13.8 Å². The Bertz CT molecular complexity index is 922. The number of aromatic hydroxyl groups is 1. The molecule has 0 fully saturated rings. The average molecular weight is 320 g/mol. The predicted octanol–water partition coefficient (Wildman–Crippen LogP) is 3.12. The van der Waals surface area contributed by atoms with Gasteiger partial charge in [0.25, 0.3) is 0 Å². The maximum absolute atomic E-state index is 10.5. The number of methoxy groups -OCH3 is 2. The van der Waals surface area contributed by atoms with Crippen molar-refractivity contribution in [1.29, 1.82) is 0 Å². The van der Waals surface area contributed by atoms with Crippen LogP contribution in [0, 0.1) is 5.92 Å². The van der Waals surface area contributed by atoms with E-state index in [-0.39, 0.29) is 17.2 Å². The lowest BCUT2D eigenvalue weighted by Crippen LogP contribution is -2.40. The molecule has 3 rings (SSSR count). The third-order valence-corrected chi connectivity index (χ3v) is 4.14. The molecule has 0 atom stereocenters. The summed E-state index contributed by atoms with van der Waals surface area (Å²) in [5.41, 5.74) is 3.00. The highest BCUT2D eigenvalue weighted by Gasteiger charge is 2.27. The normalized spacial score (nSPS) is 17.7. The molecule has 1 aromatic heterocycles. The first-order valence-corrected chi connectivity index (χ1v) is 7.63. The zero-order chi connectivity index (χ0) is 21.6. The molecular weight excluding hydrogens is 290 g/mol. The van der Waals surface area contributed by atoms with Gasteiger partial charge in [-0.05, 0) is 30.0 Å². The van der Waals surface area contributed by atoms with Crippen LogP contribution in [0.2, 0.25) is 0 Å². The Labute approximate surface area is 145 Å². The van der Waals surface area contributed by atoms with Gasteiger partial charge in [0.15, 0.2) is 24.2 Å². The lowest BCUT2D eigenvalue weighted by molar-refractivity contribution is -0.688. The lowest BCUT2D eigenvalue weighted by atomic mass is 9.94. The number of fused-ring (bicyclic) bond motifs is 3.